The number of thiazole rings is 1. The lowest BCUT2D eigenvalue weighted by Gasteiger charge is -2.14. The first-order chi connectivity index (χ1) is 10.6. The number of alkyl halides is 6. The van der Waals surface area contributed by atoms with Gasteiger partial charge in [-0.3, -0.25) is 4.79 Å². The largest absolute Gasteiger partial charge is 0.416 e. The molecule has 1 aromatic heterocycles. The zero-order chi connectivity index (χ0) is 17.3. The molecule has 23 heavy (non-hydrogen) atoms. The Morgan fingerprint density at radius 1 is 1.04 bits per heavy atom. The molecule has 0 radical (unpaired) electrons. The number of amides is 1. The molecule has 0 aliphatic rings. The first-order valence-electron chi connectivity index (χ1n) is 6.03. The third kappa shape index (κ3) is 4.44. The van der Waals surface area contributed by atoms with Gasteiger partial charge in [-0.1, -0.05) is 0 Å². The minimum Gasteiger partial charge on any atom is -0.346 e. The molecule has 0 saturated carbocycles. The summed E-state index contributed by atoms with van der Waals surface area (Å²) in [5.74, 6) is -1.04. The Balaban J connectivity index is 2.31. The van der Waals surface area contributed by atoms with E-state index in [2.05, 4.69) is 10.3 Å². The number of hydrogen-bond donors (Lipinski definition) is 1. The number of carbonyl (C=O) groups is 1. The molecular weight excluding hydrogens is 346 g/mol. The molecule has 0 aliphatic heterocycles. The molecule has 0 fully saturated rings. The minimum atomic E-state index is -4.99. The Hall–Kier alpha value is -2.10. The predicted molar refractivity (Wildman–Crippen MR) is 69.7 cm³/mol. The van der Waals surface area contributed by atoms with Crippen LogP contribution >= 0.6 is 11.3 Å². The van der Waals surface area contributed by atoms with Gasteiger partial charge in [-0.05, 0) is 18.2 Å². The first kappa shape index (κ1) is 17.3. The van der Waals surface area contributed by atoms with Crippen molar-refractivity contribution in [1.82, 2.24) is 10.3 Å². The van der Waals surface area contributed by atoms with E-state index in [-0.39, 0.29) is 12.6 Å². The summed E-state index contributed by atoms with van der Waals surface area (Å²) >= 11 is 1.19. The average Bonchev–Trinajstić information content (AvgIpc) is 2.95. The Bertz CT molecular complexity index is 661. The van der Waals surface area contributed by atoms with Crippen molar-refractivity contribution >= 4 is 17.2 Å². The summed E-state index contributed by atoms with van der Waals surface area (Å²) < 4.78 is 76.2. The number of rotatable bonds is 3. The summed E-state index contributed by atoms with van der Waals surface area (Å²) in [5, 5.41) is 4.33. The van der Waals surface area contributed by atoms with Crippen molar-refractivity contribution < 1.29 is 31.1 Å². The van der Waals surface area contributed by atoms with Gasteiger partial charge in [0, 0.05) is 17.1 Å². The predicted octanol–water partition coefficient (Wildman–Crippen LogP) is 4.11. The van der Waals surface area contributed by atoms with Crippen LogP contribution in [0.4, 0.5) is 26.3 Å². The number of nitrogens with zero attached hydrogens (tertiary/aromatic N) is 1. The van der Waals surface area contributed by atoms with E-state index in [0.29, 0.717) is 17.1 Å². The highest BCUT2D eigenvalue weighted by Crippen LogP contribution is 2.36. The Morgan fingerprint density at radius 2 is 1.61 bits per heavy atom. The van der Waals surface area contributed by atoms with Gasteiger partial charge in [0.15, 0.2) is 0 Å². The molecule has 10 heteroatoms. The van der Waals surface area contributed by atoms with Crippen molar-refractivity contribution in [2.24, 2.45) is 0 Å². The van der Waals surface area contributed by atoms with E-state index < -0.39 is 35.0 Å². The fourth-order valence-corrected chi connectivity index (χ4v) is 2.24. The highest BCUT2D eigenvalue weighted by Gasteiger charge is 2.37. The minimum absolute atomic E-state index is 0.0302. The second-order valence-corrected chi connectivity index (χ2v) is 5.38. The first-order valence-corrected chi connectivity index (χ1v) is 6.91. The van der Waals surface area contributed by atoms with Crippen molar-refractivity contribution in [3.63, 3.8) is 0 Å². The normalized spacial score (nSPS) is 12.3. The van der Waals surface area contributed by atoms with E-state index in [1.54, 1.807) is 5.38 Å². The molecular formula is C13H8F6N2OS. The van der Waals surface area contributed by atoms with Crippen LogP contribution in [0.5, 0.6) is 0 Å². The van der Waals surface area contributed by atoms with E-state index in [9.17, 15) is 31.1 Å². The zero-order valence-electron chi connectivity index (χ0n) is 11.1. The second kappa shape index (κ2) is 6.19. The van der Waals surface area contributed by atoms with Gasteiger partial charge >= 0.3 is 12.4 Å². The molecule has 0 saturated heterocycles. The fraction of sp³-hybridized carbons (Fsp3) is 0.231. The summed E-state index contributed by atoms with van der Waals surface area (Å²) in [7, 11) is 0. The second-order valence-electron chi connectivity index (χ2n) is 4.40. The van der Waals surface area contributed by atoms with Crippen LogP contribution in [-0.4, -0.2) is 10.9 Å². The molecule has 1 heterocycles. The molecule has 2 aromatic rings. The summed E-state index contributed by atoms with van der Waals surface area (Å²) in [4.78, 5) is 15.7. The van der Waals surface area contributed by atoms with Gasteiger partial charge in [0.2, 0.25) is 0 Å². The maximum absolute atomic E-state index is 12.7. The van der Waals surface area contributed by atoms with Crippen LogP contribution in [0.15, 0.2) is 29.8 Å². The summed E-state index contributed by atoms with van der Waals surface area (Å²) in [6, 6.07) is 0.733. The van der Waals surface area contributed by atoms with E-state index in [1.165, 1.54) is 17.5 Å². The molecule has 1 N–H and O–H groups in total. The standard InChI is InChI=1S/C13H8F6N2OS/c14-12(15,16)8-3-7(4-9(5-8)13(17,18)19)11(22)21-6-10-20-1-2-23-10/h1-5H,6H2,(H,21,22). The number of aromatic nitrogens is 1. The lowest BCUT2D eigenvalue weighted by Crippen LogP contribution is -2.24. The quantitative estimate of drug-likeness (QED) is 0.843. The fourth-order valence-electron chi connectivity index (χ4n) is 1.68. The van der Waals surface area contributed by atoms with Crippen LogP contribution in [0.1, 0.15) is 26.5 Å². The van der Waals surface area contributed by atoms with Gasteiger partial charge in [0.05, 0.1) is 17.7 Å². The van der Waals surface area contributed by atoms with Gasteiger partial charge in [-0.2, -0.15) is 26.3 Å². The van der Waals surface area contributed by atoms with Gasteiger partial charge < -0.3 is 5.32 Å². The van der Waals surface area contributed by atoms with Crippen LogP contribution in [0.25, 0.3) is 0 Å². The third-order valence-corrected chi connectivity index (χ3v) is 3.51. The number of benzene rings is 1. The maximum Gasteiger partial charge on any atom is 0.416 e. The summed E-state index contributed by atoms with van der Waals surface area (Å²) in [6.45, 7) is -0.0892. The Kier molecular flexibility index (Phi) is 4.64. The number of hydrogen-bond acceptors (Lipinski definition) is 3. The van der Waals surface area contributed by atoms with Crippen molar-refractivity contribution in [1.29, 1.82) is 0 Å². The molecule has 1 amide bonds. The van der Waals surface area contributed by atoms with Crippen molar-refractivity contribution in [3.8, 4) is 0 Å². The summed E-state index contributed by atoms with van der Waals surface area (Å²) in [5.41, 5.74) is -3.79. The lowest BCUT2D eigenvalue weighted by molar-refractivity contribution is -0.143. The average molecular weight is 354 g/mol. The van der Waals surface area contributed by atoms with Gasteiger partial charge in [-0.15, -0.1) is 11.3 Å². The molecule has 1 aromatic carbocycles. The van der Waals surface area contributed by atoms with E-state index in [0.717, 1.165) is 0 Å². The highest BCUT2D eigenvalue weighted by atomic mass is 32.1. The van der Waals surface area contributed by atoms with Gasteiger partial charge in [0.1, 0.15) is 5.01 Å². The molecule has 2 rings (SSSR count). The monoisotopic (exact) mass is 354 g/mol. The number of nitrogens with one attached hydrogen (secondary N) is 1. The van der Waals surface area contributed by atoms with Gasteiger partial charge in [0.25, 0.3) is 5.91 Å². The Labute approximate surface area is 130 Å². The third-order valence-electron chi connectivity index (χ3n) is 2.73. The maximum atomic E-state index is 12.7. The van der Waals surface area contributed by atoms with Crippen molar-refractivity contribution in [3.05, 3.63) is 51.5 Å². The smallest absolute Gasteiger partial charge is 0.346 e. The van der Waals surface area contributed by atoms with Crippen molar-refractivity contribution in [2.45, 2.75) is 18.9 Å². The summed E-state index contributed by atoms with van der Waals surface area (Å²) in [6.07, 6.45) is -8.53. The Morgan fingerprint density at radius 3 is 2.04 bits per heavy atom. The number of carbonyl (C=O) groups excluding carboxylic acids is 1. The van der Waals surface area contributed by atoms with Crippen LogP contribution in [-0.2, 0) is 18.9 Å². The van der Waals surface area contributed by atoms with E-state index >= 15 is 0 Å². The lowest BCUT2D eigenvalue weighted by atomic mass is 10.0. The highest BCUT2D eigenvalue weighted by molar-refractivity contribution is 7.09. The zero-order valence-corrected chi connectivity index (χ0v) is 11.9. The van der Waals surface area contributed by atoms with Gasteiger partial charge in [-0.25, -0.2) is 4.98 Å². The van der Waals surface area contributed by atoms with Crippen LogP contribution < -0.4 is 5.32 Å². The topological polar surface area (TPSA) is 42.0 Å². The molecule has 124 valence electrons. The van der Waals surface area contributed by atoms with E-state index in [1.807, 2.05) is 0 Å². The molecule has 0 unspecified atom stereocenters. The van der Waals surface area contributed by atoms with Crippen LogP contribution in [0.3, 0.4) is 0 Å². The van der Waals surface area contributed by atoms with Crippen LogP contribution in [0.2, 0.25) is 0 Å². The van der Waals surface area contributed by atoms with Crippen LogP contribution in [0, 0.1) is 0 Å². The van der Waals surface area contributed by atoms with E-state index in [4.69, 9.17) is 0 Å². The molecule has 0 aliphatic carbocycles. The molecule has 0 spiro atoms. The molecule has 0 bridgehead atoms. The SMILES string of the molecule is O=C(NCc1nccs1)c1cc(C(F)(F)F)cc(C(F)(F)F)c1. The van der Waals surface area contributed by atoms with Crippen molar-refractivity contribution in [2.75, 3.05) is 0 Å². The molecule has 3 nitrogen and oxygen atoms in total. The number of halogens is 6. The molecule has 0 atom stereocenters.